The lowest BCUT2D eigenvalue weighted by Crippen LogP contribution is -2.09. The molecule has 1 aromatic heterocycles. The van der Waals surface area contributed by atoms with Crippen LogP contribution in [-0.2, 0) is 6.18 Å². The molecule has 0 N–H and O–H groups in total. The zero-order valence-corrected chi connectivity index (χ0v) is 10.9. The predicted molar refractivity (Wildman–Crippen MR) is 63.9 cm³/mol. The van der Waals surface area contributed by atoms with Gasteiger partial charge in [-0.2, -0.15) is 18.3 Å². The maximum Gasteiger partial charge on any atom is 0.435 e. The highest BCUT2D eigenvalue weighted by atomic mass is 35.5. The molecule has 0 atom stereocenters. The topological polar surface area (TPSA) is 34.9 Å². The molecule has 0 aliphatic rings. The summed E-state index contributed by atoms with van der Waals surface area (Å²) in [5.74, 6) is -0.850. The lowest BCUT2D eigenvalue weighted by Gasteiger charge is -2.04. The highest BCUT2D eigenvalue weighted by Gasteiger charge is 2.39. The Balaban J connectivity index is 2.66. The summed E-state index contributed by atoms with van der Waals surface area (Å²) < 4.78 is 52.0. The third-order valence-electron chi connectivity index (χ3n) is 2.40. The second kappa shape index (κ2) is 5.06. The molecule has 0 unspecified atom stereocenters. The Morgan fingerprint density at radius 1 is 1.25 bits per heavy atom. The van der Waals surface area contributed by atoms with Crippen LogP contribution in [0.5, 0.6) is 0 Å². The second-order valence-corrected chi connectivity index (χ2v) is 4.44. The predicted octanol–water partition coefficient (Wildman–Crippen LogP) is 4.15. The van der Waals surface area contributed by atoms with Crippen molar-refractivity contribution in [3.05, 3.63) is 45.4 Å². The van der Waals surface area contributed by atoms with Crippen LogP contribution in [0.3, 0.4) is 0 Å². The molecular weight excluding hydrogens is 323 g/mol. The summed E-state index contributed by atoms with van der Waals surface area (Å²) in [4.78, 5) is 10.7. The van der Waals surface area contributed by atoms with Crippen molar-refractivity contribution in [2.75, 3.05) is 0 Å². The normalized spacial score (nSPS) is 11.7. The van der Waals surface area contributed by atoms with Gasteiger partial charge in [0.15, 0.2) is 12.0 Å². The number of alkyl halides is 3. The fourth-order valence-electron chi connectivity index (χ4n) is 1.51. The molecule has 0 spiro atoms. The number of hydrogen-bond donors (Lipinski definition) is 0. The number of nitrogens with zero attached hydrogens (tertiary/aromatic N) is 2. The third-order valence-corrected chi connectivity index (χ3v) is 3.07. The SMILES string of the molecule is O=Cc1c(C(F)(F)F)nn(-c2ccc(Cl)c(F)c2)c1Cl. The van der Waals surface area contributed by atoms with Gasteiger partial charge in [-0.05, 0) is 12.1 Å². The molecule has 0 saturated carbocycles. The first-order valence-electron chi connectivity index (χ1n) is 5.02. The molecule has 0 bridgehead atoms. The molecule has 1 aromatic carbocycles. The average Bonchev–Trinajstić information content (AvgIpc) is 2.69. The van der Waals surface area contributed by atoms with Gasteiger partial charge in [0.1, 0.15) is 11.0 Å². The number of aromatic nitrogens is 2. The van der Waals surface area contributed by atoms with Crippen molar-refractivity contribution in [3.63, 3.8) is 0 Å². The highest BCUT2D eigenvalue weighted by Crippen LogP contribution is 2.34. The van der Waals surface area contributed by atoms with Gasteiger partial charge >= 0.3 is 6.18 Å². The molecule has 1 heterocycles. The van der Waals surface area contributed by atoms with Crippen LogP contribution in [-0.4, -0.2) is 16.1 Å². The number of halogens is 6. The first-order valence-corrected chi connectivity index (χ1v) is 5.77. The van der Waals surface area contributed by atoms with Crippen molar-refractivity contribution in [3.8, 4) is 5.69 Å². The lowest BCUT2D eigenvalue weighted by molar-refractivity contribution is -0.141. The van der Waals surface area contributed by atoms with E-state index < -0.39 is 28.4 Å². The molecule has 0 amide bonds. The van der Waals surface area contributed by atoms with Gasteiger partial charge in [-0.15, -0.1) is 0 Å². The molecule has 0 fully saturated rings. The van der Waals surface area contributed by atoms with E-state index >= 15 is 0 Å². The quantitative estimate of drug-likeness (QED) is 0.613. The minimum Gasteiger partial charge on any atom is -0.298 e. The van der Waals surface area contributed by atoms with Crippen molar-refractivity contribution in [1.82, 2.24) is 9.78 Å². The summed E-state index contributed by atoms with van der Waals surface area (Å²) in [6.07, 6.45) is -4.91. The molecule has 0 aliphatic carbocycles. The largest absolute Gasteiger partial charge is 0.435 e. The van der Waals surface area contributed by atoms with E-state index in [4.69, 9.17) is 23.2 Å². The Morgan fingerprint density at radius 2 is 1.90 bits per heavy atom. The van der Waals surface area contributed by atoms with Crippen LogP contribution >= 0.6 is 23.2 Å². The van der Waals surface area contributed by atoms with Crippen LogP contribution in [0.15, 0.2) is 18.2 Å². The maximum atomic E-state index is 13.3. The Bertz CT molecular complexity index is 682. The van der Waals surface area contributed by atoms with Crippen molar-refractivity contribution < 1.29 is 22.4 Å². The molecule has 0 aliphatic heterocycles. The highest BCUT2D eigenvalue weighted by molar-refractivity contribution is 6.32. The number of hydrogen-bond acceptors (Lipinski definition) is 2. The lowest BCUT2D eigenvalue weighted by atomic mass is 10.2. The molecule has 106 valence electrons. The van der Waals surface area contributed by atoms with Gasteiger partial charge in [-0.25, -0.2) is 9.07 Å². The first kappa shape index (κ1) is 14.8. The number of rotatable bonds is 2. The van der Waals surface area contributed by atoms with Gasteiger partial charge in [0.2, 0.25) is 0 Å². The second-order valence-electron chi connectivity index (χ2n) is 3.68. The maximum absolute atomic E-state index is 13.3. The summed E-state index contributed by atoms with van der Waals surface area (Å²) in [5, 5.41) is 2.45. The summed E-state index contributed by atoms with van der Waals surface area (Å²) in [5.41, 5.74) is -2.34. The summed E-state index contributed by atoms with van der Waals surface area (Å²) in [6.45, 7) is 0. The van der Waals surface area contributed by atoms with E-state index in [2.05, 4.69) is 5.10 Å². The standard InChI is InChI=1S/C11H4Cl2F4N2O/c12-7-2-1-5(3-8(7)14)19-10(13)6(4-20)9(18-19)11(15,16)17/h1-4H. The first-order chi connectivity index (χ1) is 9.25. The summed E-state index contributed by atoms with van der Waals surface area (Å²) >= 11 is 11.1. The fourth-order valence-corrected chi connectivity index (χ4v) is 1.90. The molecule has 2 rings (SSSR count). The number of carbonyl (C=O) groups excluding carboxylic acids is 1. The van der Waals surface area contributed by atoms with Crippen LogP contribution in [0, 0.1) is 5.82 Å². The van der Waals surface area contributed by atoms with Gasteiger partial charge in [-0.3, -0.25) is 4.79 Å². The number of carbonyl (C=O) groups is 1. The number of benzene rings is 1. The van der Waals surface area contributed by atoms with E-state index in [-0.39, 0.29) is 17.0 Å². The van der Waals surface area contributed by atoms with Crippen molar-refractivity contribution in [2.45, 2.75) is 6.18 Å². The molecule has 0 saturated heterocycles. The Morgan fingerprint density at radius 3 is 2.35 bits per heavy atom. The van der Waals surface area contributed by atoms with Crippen molar-refractivity contribution in [1.29, 1.82) is 0 Å². The zero-order chi connectivity index (χ0) is 15.1. The minimum absolute atomic E-state index is 0.0546. The molecular formula is C11H4Cl2F4N2O. The smallest absolute Gasteiger partial charge is 0.298 e. The Kier molecular flexibility index (Phi) is 3.75. The summed E-state index contributed by atoms with van der Waals surface area (Å²) in [6, 6.07) is 3.22. The van der Waals surface area contributed by atoms with E-state index in [1.165, 1.54) is 6.07 Å². The van der Waals surface area contributed by atoms with Gasteiger partial charge in [0.25, 0.3) is 0 Å². The van der Waals surface area contributed by atoms with Gasteiger partial charge in [-0.1, -0.05) is 23.2 Å². The summed E-state index contributed by atoms with van der Waals surface area (Å²) in [7, 11) is 0. The minimum atomic E-state index is -4.85. The molecule has 2 aromatic rings. The van der Waals surface area contributed by atoms with E-state index in [0.717, 1.165) is 12.1 Å². The van der Waals surface area contributed by atoms with Crippen LogP contribution in [0.25, 0.3) is 5.69 Å². The Hall–Kier alpha value is -1.60. The van der Waals surface area contributed by atoms with Crippen LogP contribution in [0.2, 0.25) is 10.2 Å². The number of aldehydes is 1. The van der Waals surface area contributed by atoms with Gasteiger partial charge in [0, 0.05) is 6.07 Å². The molecule has 0 radical (unpaired) electrons. The molecule has 20 heavy (non-hydrogen) atoms. The fraction of sp³-hybridized carbons (Fsp3) is 0.0909. The van der Waals surface area contributed by atoms with E-state index in [9.17, 15) is 22.4 Å². The van der Waals surface area contributed by atoms with Gasteiger partial charge in [0.05, 0.1) is 16.3 Å². The van der Waals surface area contributed by atoms with E-state index in [1.54, 1.807) is 0 Å². The zero-order valence-electron chi connectivity index (χ0n) is 9.38. The monoisotopic (exact) mass is 326 g/mol. The average molecular weight is 327 g/mol. The van der Waals surface area contributed by atoms with Crippen LogP contribution in [0.4, 0.5) is 17.6 Å². The van der Waals surface area contributed by atoms with Gasteiger partial charge < -0.3 is 0 Å². The Labute approximate surface area is 119 Å². The van der Waals surface area contributed by atoms with Crippen molar-refractivity contribution in [2.24, 2.45) is 0 Å². The third kappa shape index (κ3) is 2.51. The molecule has 3 nitrogen and oxygen atoms in total. The molecule has 9 heteroatoms. The van der Waals surface area contributed by atoms with E-state index in [0.29, 0.717) is 4.68 Å². The van der Waals surface area contributed by atoms with Crippen molar-refractivity contribution >= 4 is 29.5 Å². The van der Waals surface area contributed by atoms with Crippen LogP contribution in [0.1, 0.15) is 16.1 Å². The van der Waals surface area contributed by atoms with E-state index in [1.807, 2.05) is 0 Å². The van der Waals surface area contributed by atoms with Crippen LogP contribution < -0.4 is 0 Å².